The maximum Gasteiger partial charge on any atom is 0.300 e. The van der Waals surface area contributed by atoms with Gasteiger partial charge in [-0.1, -0.05) is 19.3 Å². The van der Waals surface area contributed by atoms with Crippen molar-refractivity contribution in [2.24, 2.45) is 0 Å². The molecule has 1 aliphatic carbocycles. The van der Waals surface area contributed by atoms with E-state index in [0.29, 0.717) is 0 Å². The molecule has 0 unspecified atom stereocenters. The van der Waals surface area contributed by atoms with Crippen LogP contribution in [0.1, 0.15) is 32.6 Å². The molecule has 1 radical (unpaired) electrons. The van der Waals surface area contributed by atoms with E-state index in [0.717, 1.165) is 13.3 Å². The largest absolute Gasteiger partial charge is 0.481 e. The number of rotatable bonds is 0. The fourth-order valence-electron chi connectivity index (χ4n) is 0.805. The topological polar surface area (TPSA) is 37.3 Å². The van der Waals surface area contributed by atoms with Crippen molar-refractivity contribution in [3.05, 3.63) is 24.3 Å². The van der Waals surface area contributed by atoms with Gasteiger partial charge in [-0.05, 0) is 0 Å². The molecule has 0 saturated heterocycles. The maximum absolute atomic E-state index is 9.00. The fraction of sp³-hybridized carbons (Fsp3) is 0.500. The summed E-state index contributed by atoms with van der Waals surface area (Å²) < 4.78 is 0. The van der Waals surface area contributed by atoms with Crippen LogP contribution in [0.25, 0.3) is 0 Å². The Hall–Kier alpha value is -0.427. The molecule has 1 rings (SSSR count). The quantitative estimate of drug-likeness (QED) is 0.542. The number of allylic oxidation sites excluding steroid dienone is 4. The van der Waals surface area contributed by atoms with Gasteiger partial charge in [-0.2, -0.15) is 6.08 Å². The average Bonchev–Trinajstić information content (AvgIpc) is 1.82. The van der Waals surface area contributed by atoms with Crippen LogP contribution < -0.4 is 0 Å². The third-order valence-electron chi connectivity index (χ3n) is 1.29. The summed E-state index contributed by atoms with van der Waals surface area (Å²) in [6.07, 6.45) is 14.5. The molecule has 0 atom stereocenters. The summed E-state index contributed by atoms with van der Waals surface area (Å²) in [7, 11) is 0. The van der Waals surface area contributed by atoms with Gasteiger partial charge in [-0.15, -0.1) is 6.42 Å². The second kappa shape index (κ2) is 11.6. The second-order valence-corrected chi connectivity index (χ2v) is 2.56. The summed E-state index contributed by atoms with van der Waals surface area (Å²) in [5.74, 6) is -0.833. The Balaban J connectivity index is 0. The molecular weight excluding hydrogens is 255 g/mol. The summed E-state index contributed by atoms with van der Waals surface area (Å²) in [6.45, 7) is 1.08. The molecule has 3 heteroatoms. The normalized spacial score (nSPS) is 14.2. The Morgan fingerprint density at radius 2 is 2.08 bits per heavy atom. The molecule has 13 heavy (non-hydrogen) atoms. The zero-order valence-corrected chi connectivity index (χ0v) is 9.39. The average molecular weight is 270 g/mol. The van der Waals surface area contributed by atoms with Gasteiger partial charge in [0.25, 0.3) is 5.97 Å². The molecular formula is C10H15O2Rh-. The van der Waals surface area contributed by atoms with Crippen LogP contribution in [0.3, 0.4) is 0 Å². The first-order valence-electron chi connectivity index (χ1n) is 4.14. The number of aliphatic carboxylic acids is 1. The van der Waals surface area contributed by atoms with Crippen molar-refractivity contribution < 1.29 is 29.4 Å². The van der Waals surface area contributed by atoms with Gasteiger partial charge in [-0.25, -0.2) is 12.2 Å². The molecule has 0 amide bonds. The van der Waals surface area contributed by atoms with Crippen molar-refractivity contribution in [2.45, 2.75) is 32.6 Å². The van der Waals surface area contributed by atoms with Gasteiger partial charge in [-0.3, -0.25) is 10.9 Å². The van der Waals surface area contributed by atoms with Crippen molar-refractivity contribution in [2.75, 3.05) is 0 Å². The van der Waals surface area contributed by atoms with E-state index in [2.05, 4.69) is 18.2 Å². The summed E-state index contributed by atoms with van der Waals surface area (Å²) in [5, 5.41) is 7.42. The molecule has 0 heterocycles. The second-order valence-electron chi connectivity index (χ2n) is 2.56. The van der Waals surface area contributed by atoms with Crippen molar-refractivity contribution in [3.8, 4) is 0 Å². The third kappa shape index (κ3) is 18.5. The van der Waals surface area contributed by atoms with E-state index < -0.39 is 5.97 Å². The predicted octanol–water partition coefficient (Wildman–Crippen LogP) is 2.56. The Kier molecular flexibility index (Phi) is 13.4. The van der Waals surface area contributed by atoms with Crippen LogP contribution >= 0.6 is 0 Å². The van der Waals surface area contributed by atoms with E-state index >= 15 is 0 Å². The number of hydrogen-bond donors (Lipinski definition) is 1. The Morgan fingerprint density at radius 1 is 1.46 bits per heavy atom. The van der Waals surface area contributed by atoms with Gasteiger partial charge in [0.15, 0.2) is 0 Å². The van der Waals surface area contributed by atoms with Crippen molar-refractivity contribution in [1.29, 1.82) is 0 Å². The molecule has 0 fully saturated rings. The van der Waals surface area contributed by atoms with Gasteiger partial charge in [0.2, 0.25) is 0 Å². The first-order valence-corrected chi connectivity index (χ1v) is 4.14. The SMILES string of the molecule is CC(=O)O.[C-]1=CC=CCCCC1.[Rh]. The zero-order valence-electron chi connectivity index (χ0n) is 7.75. The molecule has 0 bridgehead atoms. The van der Waals surface area contributed by atoms with Gasteiger partial charge in [0.1, 0.15) is 0 Å². The minimum absolute atomic E-state index is 0. The van der Waals surface area contributed by atoms with Crippen LogP contribution in [-0.2, 0) is 24.3 Å². The first kappa shape index (κ1) is 15.1. The molecule has 0 aromatic carbocycles. The monoisotopic (exact) mass is 270 g/mol. The van der Waals surface area contributed by atoms with E-state index in [-0.39, 0.29) is 19.5 Å². The molecule has 77 valence electrons. The standard InChI is InChI=1S/C8H11.C2H4O2.Rh/c1-2-4-6-8-7-5-3-1;1-2(3)4;/h1-3H,4,6-8H2;1H3,(H,3,4);/q-1;;. The Bertz CT molecular complexity index is 156. The minimum atomic E-state index is -0.833. The third-order valence-corrected chi connectivity index (χ3v) is 1.29. The molecule has 2 nitrogen and oxygen atoms in total. The Morgan fingerprint density at radius 3 is 2.69 bits per heavy atom. The van der Waals surface area contributed by atoms with Crippen molar-refractivity contribution in [3.63, 3.8) is 0 Å². The molecule has 0 aromatic heterocycles. The van der Waals surface area contributed by atoms with Crippen LogP contribution in [0.4, 0.5) is 0 Å². The Labute approximate surface area is 92.5 Å². The van der Waals surface area contributed by atoms with Crippen molar-refractivity contribution in [1.82, 2.24) is 0 Å². The molecule has 0 aliphatic heterocycles. The smallest absolute Gasteiger partial charge is 0.300 e. The van der Waals surface area contributed by atoms with Crippen LogP contribution in [0.15, 0.2) is 18.2 Å². The van der Waals surface area contributed by atoms with Gasteiger partial charge < -0.3 is 5.11 Å². The first-order chi connectivity index (χ1) is 5.73. The maximum atomic E-state index is 9.00. The van der Waals surface area contributed by atoms with E-state index in [9.17, 15) is 0 Å². The van der Waals surface area contributed by atoms with Crippen LogP contribution in [-0.4, -0.2) is 11.1 Å². The molecule has 0 saturated carbocycles. The number of hydrogen-bond acceptors (Lipinski definition) is 1. The van der Waals surface area contributed by atoms with E-state index in [1.807, 2.05) is 6.08 Å². The molecule has 0 aromatic rings. The minimum Gasteiger partial charge on any atom is -0.481 e. The van der Waals surface area contributed by atoms with Gasteiger partial charge in [0, 0.05) is 26.4 Å². The molecule has 0 spiro atoms. The zero-order chi connectivity index (χ0) is 9.23. The number of carbonyl (C=O) groups is 1. The van der Waals surface area contributed by atoms with Crippen LogP contribution in [0, 0.1) is 6.08 Å². The summed E-state index contributed by atoms with van der Waals surface area (Å²) in [6, 6.07) is 0. The number of carboxylic acid groups (broad SMARTS) is 1. The van der Waals surface area contributed by atoms with Gasteiger partial charge in [0.05, 0.1) is 0 Å². The van der Waals surface area contributed by atoms with E-state index in [1.165, 1.54) is 19.3 Å². The van der Waals surface area contributed by atoms with Gasteiger partial charge >= 0.3 is 0 Å². The molecule has 1 aliphatic rings. The van der Waals surface area contributed by atoms with E-state index in [1.54, 1.807) is 0 Å². The number of carboxylic acids is 1. The molecule has 1 N–H and O–H groups in total. The predicted molar refractivity (Wildman–Crippen MR) is 48.7 cm³/mol. The fourth-order valence-corrected chi connectivity index (χ4v) is 0.805. The summed E-state index contributed by atoms with van der Waals surface area (Å²) in [5.41, 5.74) is 0. The summed E-state index contributed by atoms with van der Waals surface area (Å²) >= 11 is 0. The van der Waals surface area contributed by atoms with Crippen LogP contribution in [0.2, 0.25) is 0 Å². The van der Waals surface area contributed by atoms with E-state index in [4.69, 9.17) is 9.90 Å². The van der Waals surface area contributed by atoms with Crippen LogP contribution in [0.5, 0.6) is 0 Å². The van der Waals surface area contributed by atoms with Crippen molar-refractivity contribution >= 4 is 5.97 Å². The summed E-state index contributed by atoms with van der Waals surface area (Å²) in [4.78, 5) is 9.00.